The molecule has 0 heterocycles. The second-order valence-corrected chi connectivity index (χ2v) is 6.68. The molecule has 1 aromatic rings. The third-order valence-corrected chi connectivity index (χ3v) is 3.52. The summed E-state index contributed by atoms with van der Waals surface area (Å²) in [6.07, 6.45) is -0.659. The molecule has 0 fully saturated rings. The fourth-order valence-electron chi connectivity index (χ4n) is 1.39. The SMILES string of the molecule is CC(C)(C)C(O)CNC(=O)Nc1ccc(SC(F)F)cc1. The lowest BCUT2D eigenvalue weighted by atomic mass is 9.89. The number of aliphatic hydroxyl groups is 1. The number of carbonyl (C=O) groups is 1. The minimum atomic E-state index is -2.47. The summed E-state index contributed by atoms with van der Waals surface area (Å²) in [7, 11) is 0. The predicted molar refractivity (Wildman–Crippen MR) is 80.8 cm³/mol. The molecule has 0 aromatic heterocycles. The van der Waals surface area contributed by atoms with Crippen LogP contribution in [0.5, 0.6) is 0 Å². The van der Waals surface area contributed by atoms with E-state index in [0.29, 0.717) is 22.3 Å². The average Bonchev–Trinajstić information content (AvgIpc) is 2.36. The van der Waals surface area contributed by atoms with Crippen LogP contribution in [0.15, 0.2) is 29.2 Å². The predicted octanol–water partition coefficient (Wildman–Crippen LogP) is 3.53. The Morgan fingerprint density at radius 3 is 2.33 bits per heavy atom. The van der Waals surface area contributed by atoms with Crippen LogP contribution in [0.25, 0.3) is 0 Å². The molecule has 1 unspecified atom stereocenters. The summed E-state index contributed by atoms with van der Waals surface area (Å²) in [6, 6.07) is 5.66. The van der Waals surface area contributed by atoms with Gasteiger partial charge in [0, 0.05) is 17.1 Å². The number of anilines is 1. The summed E-state index contributed by atoms with van der Waals surface area (Å²) in [5.41, 5.74) is 0.179. The zero-order valence-electron chi connectivity index (χ0n) is 12.2. The number of amides is 2. The molecule has 0 spiro atoms. The first-order valence-electron chi connectivity index (χ1n) is 6.46. The quantitative estimate of drug-likeness (QED) is 0.728. The lowest BCUT2D eigenvalue weighted by Gasteiger charge is -2.25. The smallest absolute Gasteiger partial charge is 0.319 e. The minimum absolute atomic E-state index is 0.134. The number of halogens is 2. The zero-order chi connectivity index (χ0) is 16.0. The van der Waals surface area contributed by atoms with E-state index < -0.39 is 17.9 Å². The molecule has 0 aliphatic rings. The molecule has 1 atom stereocenters. The van der Waals surface area contributed by atoms with E-state index in [9.17, 15) is 18.7 Å². The van der Waals surface area contributed by atoms with Gasteiger partial charge >= 0.3 is 6.03 Å². The first-order valence-corrected chi connectivity index (χ1v) is 7.34. The van der Waals surface area contributed by atoms with Gasteiger partial charge in [-0.3, -0.25) is 0 Å². The van der Waals surface area contributed by atoms with E-state index >= 15 is 0 Å². The van der Waals surface area contributed by atoms with Crippen molar-refractivity contribution in [1.82, 2.24) is 5.32 Å². The molecular formula is C14H20F2N2O2S. The number of carbonyl (C=O) groups excluding carboxylic acids is 1. The first-order chi connectivity index (χ1) is 9.68. The molecule has 7 heteroatoms. The van der Waals surface area contributed by atoms with Crippen LogP contribution in [-0.4, -0.2) is 29.5 Å². The molecule has 0 bridgehead atoms. The minimum Gasteiger partial charge on any atom is -0.391 e. The number of benzene rings is 1. The standard InChI is InChI=1S/C14H20F2N2O2S/c1-14(2,3)11(19)8-17-13(20)18-9-4-6-10(7-5-9)21-12(15)16/h4-7,11-12,19H,8H2,1-3H3,(H2,17,18,20). The lowest BCUT2D eigenvalue weighted by molar-refractivity contribution is 0.0654. The Kier molecular flexibility index (Phi) is 6.42. The van der Waals surface area contributed by atoms with E-state index in [-0.39, 0.29) is 12.0 Å². The van der Waals surface area contributed by atoms with Gasteiger partial charge in [0.1, 0.15) is 0 Å². The maximum atomic E-state index is 12.2. The van der Waals surface area contributed by atoms with Crippen molar-refractivity contribution in [1.29, 1.82) is 0 Å². The number of hydrogen-bond donors (Lipinski definition) is 3. The highest BCUT2D eigenvalue weighted by Crippen LogP contribution is 2.26. The van der Waals surface area contributed by atoms with Crippen molar-refractivity contribution in [3.8, 4) is 0 Å². The van der Waals surface area contributed by atoms with Gasteiger partial charge in [0.05, 0.1) is 6.10 Å². The topological polar surface area (TPSA) is 61.4 Å². The van der Waals surface area contributed by atoms with Gasteiger partial charge in [0.15, 0.2) is 0 Å². The maximum Gasteiger partial charge on any atom is 0.319 e. The Balaban J connectivity index is 2.44. The molecule has 0 radical (unpaired) electrons. The highest BCUT2D eigenvalue weighted by molar-refractivity contribution is 7.99. The number of alkyl halides is 2. The Bertz CT molecular complexity index is 461. The van der Waals surface area contributed by atoms with Crippen molar-refractivity contribution < 1.29 is 18.7 Å². The molecule has 118 valence electrons. The summed E-state index contributed by atoms with van der Waals surface area (Å²) in [5, 5.41) is 14.9. The van der Waals surface area contributed by atoms with Gasteiger partial charge in [-0.2, -0.15) is 8.78 Å². The van der Waals surface area contributed by atoms with Crippen LogP contribution in [0, 0.1) is 5.41 Å². The number of hydrogen-bond acceptors (Lipinski definition) is 3. The Labute approximate surface area is 127 Å². The lowest BCUT2D eigenvalue weighted by Crippen LogP contribution is -2.40. The summed E-state index contributed by atoms with van der Waals surface area (Å²) in [5.74, 6) is -2.47. The maximum absolute atomic E-state index is 12.2. The number of thioether (sulfide) groups is 1. The number of aliphatic hydroxyl groups excluding tert-OH is 1. The van der Waals surface area contributed by atoms with Crippen LogP contribution in [0.1, 0.15) is 20.8 Å². The van der Waals surface area contributed by atoms with Crippen molar-refractivity contribution in [3.05, 3.63) is 24.3 Å². The van der Waals surface area contributed by atoms with Gasteiger partial charge in [-0.15, -0.1) is 0 Å². The summed E-state index contributed by atoms with van der Waals surface area (Å²) < 4.78 is 24.3. The monoisotopic (exact) mass is 318 g/mol. The molecular weight excluding hydrogens is 298 g/mol. The Morgan fingerprint density at radius 2 is 1.86 bits per heavy atom. The molecule has 0 aliphatic carbocycles. The molecule has 1 rings (SSSR count). The fraction of sp³-hybridized carbons (Fsp3) is 0.500. The normalized spacial score (nSPS) is 13.1. The molecule has 2 amide bonds. The van der Waals surface area contributed by atoms with Gasteiger partial charge in [0.2, 0.25) is 0 Å². The van der Waals surface area contributed by atoms with Crippen molar-refractivity contribution in [2.24, 2.45) is 5.41 Å². The van der Waals surface area contributed by atoms with Crippen molar-refractivity contribution >= 4 is 23.5 Å². The van der Waals surface area contributed by atoms with E-state index in [1.807, 2.05) is 20.8 Å². The van der Waals surface area contributed by atoms with Crippen LogP contribution < -0.4 is 10.6 Å². The van der Waals surface area contributed by atoms with Gasteiger partial charge in [-0.1, -0.05) is 32.5 Å². The van der Waals surface area contributed by atoms with E-state index in [1.54, 1.807) is 12.1 Å². The van der Waals surface area contributed by atoms with Crippen LogP contribution in [0.4, 0.5) is 19.3 Å². The number of rotatable bonds is 5. The van der Waals surface area contributed by atoms with E-state index in [4.69, 9.17) is 0 Å². The van der Waals surface area contributed by atoms with Gasteiger partial charge < -0.3 is 15.7 Å². The molecule has 0 saturated carbocycles. The molecule has 3 N–H and O–H groups in total. The highest BCUT2D eigenvalue weighted by Gasteiger charge is 2.22. The molecule has 21 heavy (non-hydrogen) atoms. The van der Waals surface area contributed by atoms with Gasteiger partial charge in [-0.25, -0.2) is 4.79 Å². The van der Waals surface area contributed by atoms with Gasteiger partial charge in [0.25, 0.3) is 5.76 Å². The molecule has 0 aliphatic heterocycles. The summed E-state index contributed by atoms with van der Waals surface area (Å²) in [6.45, 7) is 5.75. The average molecular weight is 318 g/mol. The van der Waals surface area contributed by atoms with Gasteiger partial charge in [-0.05, 0) is 29.7 Å². The third kappa shape index (κ3) is 6.77. The van der Waals surface area contributed by atoms with Crippen LogP contribution in [0.3, 0.4) is 0 Å². The Morgan fingerprint density at radius 1 is 1.29 bits per heavy atom. The van der Waals surface area contributed by atoms with Crippen molar-refractivity contribution in [2.45, 2.75) is 37.5 Å². The van der Waals surface area contributed by atoms with Crippen molar-refractivity contribution in [2.75, 3.05) is 11.9 Å². The van der Waals surface area contributed by atoms with Crippen molar-refractivity contribution in [3.63, 3.8) is 0 Å². The molecule has 0 saturated heterocycles. The largest absolute Gasteiger partial charge is 0.391 e. The second kappa shape index (κ2) is 7.61. The highest BCUT2D eigenvalue weighted by atomic mass is 32.2. The number of urea groups is 1. The van der Waals surface area contributed by atoms with E-state index in [1.165, 1.54) is 12.1 Å². The second-order valence-electron chi connectivity index (χ2n) is 5.62. The van der Waals surface area contributed by atoms with E-state index in [0.717, 1.165) is 0 Å². The summed E-state index contributed by atoms with van der Waals surface area (Å²) in [4.78, 5) is 12.1. The number of nitrogens with one attached hydrogen (secondary N) is 2. The van der Waals surface area contributed by atoms with E-state index in [2.05, 4.69) is 10.6 Å². The third-order valence-electron chi connectivity index (χ3n) is 2.79. The first kappa shape index (κ1) is 17.7. The van der Waals surface area contributed by atoms with Crippen LogP contribution in [0.2, 0.25) is 0 Å². The fourth-order valence-corrected chi connectivity index (χ4v) is 1.89. The summed E-state index contributed by atoms with van der Waals surface area (Å²) >= 11 is 0.448. The van der Waals surface area contributed by atoms with Crippen LogP contribution in [-0.2, 0) is 0 Å². The molecule has 4 nitrogen and oxygen atoms in total. The zero-order valence-corrected chi connectivity index (χ0v) is 13.0. The Hall–Kier alpha value is -1.34. The van der Waals surface area contributed by atoms with Crippen LogP contribution >= 0.6 is 11.8 Å². The molecule has 1 aromatic carbocycles.